The van der Waals surface area contributed by atoms with Gasteiger partial charge in [0.05, 0.1) is 4.92 Å². The number of carbonyl (C=O) groups is 2. The Kier molecular flexibility index (Phi) is 3.76. The number of benzene rings is 1. The largest absolute Gasteiger partial charge is 0.481 e. The van der Waals surface area contributed by atoms with Crippen LogP contribution in [0.1, 0.15) is 6.92 Å². The summed E-state index contributed by atoms with van der Waals surface area (Å²) in [7, 11) is 0. The summed E-state index contributed by atoms with van der Waals surface area (Å²) < 4.78 is 0. The van der Waals surface area contributed by atoms with E-state index in [1.165, 1.54) is 31.2 Å². The molecule has 1 aromatic rings. The second kappa shape index (κ2) is 5.06. The zero-order valence-corrected chi connectivity index (χ0v) is 8.91. The molecule has 0 aliphatic carbocycles. The van der Waals surface area contributed by atoms with Gasteiger partial charge < -0.3 is 10.4 Å². The van der Waals surface area contributed by atoms with E-state index in [9.17, 15) is 19.7 Å². The number of nitro benzene ring substituents is 1. The van der Waals surface area contributed by atoms with Gasteiger partial charge in [-0.3, -0.25) is 19.7 Å². The van der Waals surface area contributed by atoms with Crippen LogP contribution in [0, 0.1) is 16.0 Å². The lowest BCUT2D eigenvalue weighted by molar-refractivity contribution is -0.384. The summed E-state index contributed by atoms with van der Waals surface area (Å²) in [5.74, 6) is -3.08. The number of hydrogen-bond donors (Lipinski definition) is 2. The summed E-state index contributed by atoms with van der Waals surface area (Å²) in [6.07, 6.45) is 0. The maximum Gasteiger partial charge on any atom is 0.315 e. The van der Waals surface area contributed by atoms with Gasteiger partial charge in [-0.1, -0.05) is 0 Å². The molecule has 1 aromatic carbocycles. The standard InChI is InChI=1S/C10H10N2O5/c1-6(10(14)15)9(13)11-7-2-4-8(5-3-7)12(16)17/h2-6H,1H3,(H,11,13)(H,14,15). The van der Waals surface area contributed by atoms with E-state index in [0.717, 1.165) is 0 Å². The number of amides is 1. The summed E-state index contributed by atoms with van der Waals surface area (Å²) in [6.45, 7) is 1.25. The molecule has 1 unspecified atom stereocenters. The number of anilines is 1. The summed E-state index contributed by atoms with van der Waals surface area (Å²) in [6, 6.07) is 5.12. The van der Waals surface area contributed by atoms with Crippen molar-refractivity contribution >= 4 is 23.3 Å². The molecule has 0 radical (unpaired) electrons. The first-order valence-corrected chi connectivity index (χ1v) is 4.70. The van der Waals surface area contributed by atoms with Gasteiger partial charge in [0, 0.05) is 17.8 Å². The first-order valence-electron chi connectivity index (χ1n) is 4.70. The van der Waals surface area contributed by atoms with Crippen LogP contribution >= 0.6 is 0 Å². The van der Waals surface area contributed by atoms with Crippen LogP contribution in [0.15, 0.2) is 24.3 Å². The SMILES string of the molecule is CC(C(=O)O)C(=O)Nc1ccc([N+](=O)[O-])cc1. The number of carboxylic acid groups (broad SMARTS) is 1. The van der Waals surface area contributed by atoms with Gasteiger partial charge in [0.25, 0.3) is 5.69 Å². The van der Waals surface area contributed by atoms with E-state index in [4.69, 9.17) is 5.11 Å². The van der Waals surface area contributed by atoms with Crippen molar-refractivity contribution < 1.29 is 19.6 Å². The third kappa shape index (κ3) is 3.26. The smallest absolute Gasteiger partial charge is 0.315 e. The Labute approximate surface area is 96.2 Å². The van der Waals surface area contributed by atoms with E-state index in [0.29, 0.717) is 5.69 Å². The van der Waals surface area contributed by atoms with Crippen LogP contribution in [0.25, 0.3) is 0 Å². The number of non-ortho nitro benzene ring substituents is 1. The molecular weight excluding hydrogens is 228 g/mol. The molecular formula is C10H10N2O5. The minimum absolute atomic E-state index is 0.103. The lowest BCUT2D eigenvalue weighted by Crippen LogP contribution is -2.26. The Hall–Kier alpha value is -2.44. The molecule has 0 saturated heterocycles. The van der Waals surface area contributed by atoms with Crippen molar-refractivity contribution in [1.29, 1.82) is 0 Å². The molecule has 1 amide bonds. The lowest BCUT2D eigenvalue weighted by Gasteiger charge is -2.07. The molecule has 0 bridgehead atoms. The predicted molar refractivity (Wildman–Crippen MR) is 58.5 cm³/mol. The van der Waals surface area contributed by atoms with Crippen LogP contribution in [0.3, 0.4) is 0 Å². The van der Waals surface area contributed by atoms with E-state index >= 15 is 0 Å². The van der Waals surface area contributed by atoms with Crippen LogP contribution in [0.5, 0.6) is 0 Å². The summed E-state index contributed by atoms with van der Waals surface area (Å²) in [4.78, 5) is 31.7. The molecule has 2 N–H and O–H groups in total. The summed E-state index contributed by atoms with van der Waals surface area (Å²) in [5.41, 5.74) is 0.211. The van der Waals surface area contributed by atoms with E-state index in [2.05, 4.69) is 5.32 Å². The average Bonchev–Trinajstić information content (AvgIpc) is 2.28. The summed E-state index contributed by atoms with van der Waals surface area (Å²) >= 11 is 0. The highest BCUT2D eigenvalue weighted by molar-refractivity contribution is 6.03. The van der Waals surface area contributed by atoms with E-state index in [-0.39, 0.29) is 5.69 Å². The molecule has 7 nitrogen and oxygen atoms in total. The highest BCUT2D eigenvalue weighted by Gasteiger charge is 2.20. The number of carboxylic acids is 1. The Morgan fingerprint density at radius 1 is 1.35 bits per heavy atom. The fourth-order valence-electron chi connectivity index (χ4n) is 1.03. The molecule has 0 aliphatic heterocycles. The maximum absolute atomic E-state index is 11.3. The van der Waals surface area contributed by atoms with Crippen LogP contribution in [0.2, 0.25) is 0 Å². The predicted octanol–water partition coefficient (Wildman–Crippen LogP) is 1.25. The molecule has 0 spiro atoms. The number of carbonyl (C=O) groups excluding carboxylic acids is 1. The third-order valence-electron chi connectivity index (χ3n) is 2.11. The Morgan fingerprint density at radius 2 is 1.88 bits per heavy atom. The molecule has 1 rings (SSSR count). The van der Waals surface area contributed by atoms with Crippen molar-refractivity contribution in [3.8, 4) is 0 Å². The molecule has 0 fully saturated rings. The zero-order valence-electron chi connectivity index (χ0n) is 8.91. The normalized spacial score (nSPS) is 11.6. The first kappa shape index (κ1) is 12.6. The highest BCUT2D eigenvalue weighted by Crippen LogP contribution is 2.16. The van der Waals surface area contributed by atoms with Crippen molar-refractivity contribution in [2.45, 2.75) is 6.92 Å². The number of nitrogens with zero attached hydrogens (tertiary/aromatic N) is 1. The number of nitrogens with one attached hydrogen (secondary N) is 1. The van der Waals surface area contributed by atoms with Gasteiger partial charge in [-0.25, -0.2) is 0 Å². The number of hydrogen-bond acceptors (Lipinski definition) is 4. The lowest BCUT2D eigenvalue weighted by atomic mass is 10.1. The number of rotatable bonds is 4. The van der Waals surface area contributed by atoms with Gasteiger partial charge in [0.2, 0.25) is 5.91 Å². The van der Waals surface area contributed by atoms with Crippen LogP contribution in [-0.4, -0.2) is 21.9 Å². The molecule has 7 heteroatoms. The van der Waals surface area contributed by atoms with Crippen LogP contribution in [-0.2, 0) is 9.59 Å². The zero-order chi connectivity index (χ0) is 13.0. The molecule has 1 atom stereocenters. The van der Waals surface area contributed by atoms with Gasteiger partial charge in [0.15, 0.2) is 0 Å². The minimum Gasteiger partial charge on any atom is -0.481 e. The van der Waals surface area contributed by atoms with Crippen molar-refractivity contribution in [3.63, 3.8) is 0 Å². The second-order valence-electron chi connectivity index (χ2n) is 3.35. The maximum atomic E-state index is 11.3. The fourth-order valence-corrected chi connectivity index (χ4v) is 1.03. The molecule has 17 heavy (non-hydrogen) atoms. The van der Waals surface area contributed by atoms with Crippen LogP contribution < -0.4 is 5.32 Å². The number of aliphatic carboxylic acids is 1. The third-order valence-corrected chi connectivity index (χ3v) is 2.11. The minimum atomic E-state index is -1.23. The highest BCUT2D eigenvalue weighted by atomic mass is 16.6. The van der Waals surface area contributed by atoms with Crippen LogP contribution in [0.4, 0.5) is 11.4 Å². The monoisotopic (exact) mass is 238 g/mol. The van der Waals surface area contributed by atoms with E-state index in [1.54, 1.807) is 0 Å². The first-order chi connectivity index (χ1) is 7.91. The van der Waals surface area contributed by atoms with Gasteiger partial charge in [-0.15, -0.1) is 0 Å². The van der Waals surface area contributed by atoms with Gasteiger partial charge in [-0.2, -0.15) is 0 Å². The van der Waals surface area contributed by atoms with Gasteiger partial charge in [-0.05, 0) is 19.1 Å². The van der Waals surface area contributed by atoms with Crippen molar-refractivity contribution in [2.24, 2.45) is 5.92 Å². The Morgan fingerprint density at radius 3 is 2.29 bits per heavy atom. The van der Waals surface area contributed by atoms with Crippen molar-refractivity contribution in [3.05, 3.63) is 34.4 Å². The summed E-state index contributed by atoms with van der Waals surface area (Å²) in [5, 5.41) is 21.3. The Balaban J connectivity index is 2.73. The Bertz CT molecular complexity index is 454. The van der Waals surface area contributed by atoms with Crippen molar-refractivity contribution in [1.82, 2.24) is 0 Å². The molecule has 90 valence electrons. The molecule has 0 heterocycles. The second-order valence-corrected chi connectivity index (χ2v) is 3.35. The van der Waals surface area contributed by atoms with Gasteiger partial charge >= 0.3 is 5.97 Å². The molecule has 0 aromatic heterocycles. The number of nitro groups is 1. The van der Waals surface area contributed by atoms with Crippen molar-refractivity contribution in [2.75, 3.05) is 5.32 Å². The molecule has 0 aliphatic rings. The average molecular weight is 238 g/mol. The van der Waals surface area contributed by atoms with E-state index < -0.39 is 22.7 Å². The topological polar surface area (TPSA) is 110 Å². The molecule has 0 saturated carbocycles. The fraction of sp³-hybridized carbons (Fsp3) is 0.200. The van der Waals surface area contributed by atoms with E-state index in [1.807, 2.05) is 0 Å². The van der Waals surface area contributed by atoms with Gasteiger partial charge in [0.1, 0.15) is 5.92 Å². The quantitative estimate of drug-likeness (QED) is 0.466.